The molecule has 0 spiro atoms. The van der Waals surface area contributed by atoms with Crippen LogP contribution in [-0.4, -0.2) is 16.6 Å². The first-order chi connectivity index (χ1) is 6.34. The third-order valence-corrected chi connectivity index (χ3v) is 2.44. The minimum atomic E-state index is 0.708. The van der Waals surface area contributed by atoms with Gasteiger partial charge in [0.25, 0.3) is 0 Å². The molecule has 1 aromatic heterocycles. The minimum absolute atomic E-state index is 0.708. The largest absolute Gasteiger partial charge is 0.477 e. The van der Waals surface area contributed by atoms with Crippen LogP contribution in [0, 0.1) is 12.8 Å². The van der Waals surface area contributed by atoms with Gasteiger partial charge in [-0.1, -0.05) is 6.42 Å². The molecule has 0 N–H and O–H groups in total. The van der Waals surface area contributed by atoms with Gasteiger partial charge in [0.05, 0.1) is 6.61 Å². The molecule has 0 bridgehead atoms. The summed E-state index contributed by atoms with van der Waals surface area (Å²) < 4.78 is 5.54. The van der Waals surface area contributed by atoms with Gasteiger partial charge in [0.2, 0.25) is 5.88 Å². The Labute approximate surface area is 78.2 Å². The molecule has 13 heavy (non-hydrogen) atoms. The second kappa shape index (κ2) is 3.73. The molecular formula is C10H14N2O. The summed E-state index contributed by atoms with van der Waals surface area (Å²) in [6.07, 6.45) is 5.71. The number of nitrogens with zero attached hydrogens (tertiary/aromatic N) is 2. The fraction of sp³-hybridized carbons (Fsp3) is 0.600. The Hall–Kier alpha value is -1.12. The maximum absolute atomic E-state index is 5.54. The number of hydrogen-bond acceptors (Lipinski definition) is 3. The lowest BCUT2D eigenvalue weighted by atomic mass is 9.86. The number of aryl methyl sites for hydroxylation is 1. The third kappa shape index (κ3) is 2.17. The van der Waals surface area contributed by atoms with Crippen LogP contribution in [0.25, 0.3) is 0 Å². The highest BCUT2D eigenvalue weighted by Gasteiger charge is 2.17. The zero-order valence-electron chi connectivity index (χ0n) is 7.86. The molecule has 1 fully saturated rings. The molecule has 0 aliphatic heterocycles. The summed E-state index contributed by atoms with van der Waals surface area (Å²) in [5.74, 6) is 2.24. The number of ether oxygens (including phenoxy) is 1. The van der Waals surface area contributed by atoms with Gasteiger partial charge in [-0.2, -0.15) is 4.98 Å². The van der Waals surface area contributed by atoms with Gasteiger partial charge >= 0.3 is 0 Å². The lowest BCUT2D eigenvalue weighted by Crippen LogP contribution is -2.19. The summed E-state index contributed by atoms with van der Waals surface area (Å²) in [5, 5.41) is 0. The summed E-state index contributed by atoms with van der Waals surface area (Å²) in [5.41, 5.74) is 0. The molecule has 1 aromatic rings. The first kappa shape index (κ1) is 8.48. The van der Waals surface area contributed by atoms with Gasteiger partial charge in [-0.15, -0.1) is 0 Å². The standard InChI is InChI=1S/C10H14N2O/c1-8-11-6-5-10(12-8)13-7-9-3-2-4-9/h5-6,9H,2-4,7H2,1H3. The molecule has 0 aromatic carbocycles. The van der Waals surface area contributed by atoms with Crippen molar-refractivity contribution in [3.05, 3.63) is 18.1 Å². The maximum atomic E-state index is 5.54. The molecule has 0 saturated heterocycles. The lowest BCUT2D eigenvalue weighted by Gasteiger charge is -2.24. The monoisotopic (exact) mass is 178 g/mol. The van der Waals surface area contributed by atoms with E-state index in [9.17, 15) is 0 Å². The van der Waals surface area contributed by atoms with Crippen LogP contribution in [0.5, 0.6) is 5.88 Å². The van der Waals surface area contributed by atoms with E-state index in [1.165, 1.54) is 19.3 Å². The predicted molar refractivity (Wildman–Crippen MR) is 49.6 cm³/mol. The Bertz CT molecular complexity index is 284. The molecular weight excluding hydrogens is 164 g/mol. The van der Waals surface area contributed by atoms with E-state index in [4.69, 9.17) is 4.74 Å². The number of rotatable bonds is 3. The first-order valence-corrected chi connectivity index (χ1v) is 4.77. The van der Waals surface area contributed by atoms with Crippen LogP contribution >= 0.6 is 0 Å². The van der Waals surface area contributed by atoms with Gasteiger partial charge in [-0.3, -0.25) is 0 Å². The van der Waals surface area contributed by atoms with E-state index in [2.05, 4.69) is 9.97 Å². The number of hydrogen-bond donors (Lipinski definition) is 0. The molecule has 2 rings (SSSR count). The topological polar surface area (TPSA) is 35.0 Å². The minimum Gasteiger partial charge on any atom is -0.477 e. The van der Waals surface area contributed by atoms with E-state index in [0.717, 1.165) is 18.3 Å². The molecule has 1 saturated carbocycles. The van der Waals surface area contributed by atoms with Crippen molar-refractivity contribution in [3.63, 3.8) is 0 Å². The van der Waals surface area contributed by atoms with Crippen molar-refractivity contribution in [2.45, 2.75) is 26.2 Å². The first-order valence-electron chi connectivity index (χ1n) is 4.77. The van der Waals surface area contributed by atoms with Gasteiger partial charge in [0, 0.05) is 12.3 Å². The van der Waals surface area contributed by atoms with Gasteiger partial charge in [0.1, 0.15) is 5.82 Å². The normalized spacial score (nSPS) is 16.7. The Morgan fingerprint density at radius 3 is 3.00 bits per heavy atom. The summed E-state index contributed by atoms with van der Waals surface area (Å²) in [7, 11) is 0. The highest BCUT2D eigenvalue weighted by Crippen LogP contribution is 2.26. The smallest absolute Gasteiger partial charge is 0.216 e. The zero-order chi connectivity index (χ0) is 9.10. The Kier molecular flexibility index (Phi) is 2.43. The Morgan fingerprint density at radius 1 is 1.54 bits per heavy atom. The van der Waals surface area contributed by atoms with E-state index >= 15 is 0 Å². The van der Waals surface area contributed by atoms with Crippen LogP contribution in [0.2, 0.25) is 0 Å². The second-order valence-electron chi connectivity index (χ2n) is 3.55. The Morgan fingerprint density at radius 2 is 2.38 bits per heavy atom. The van der Waals surface area contributed by atoms with Crippen LogP contribution in [0.15, 0.2) is 12.3 Å². The lowest BCUT2D eigenvalue weighted by molar-refractivity contribution is 0.175. The van der Waals surface area contributed by atoms with Gasteiger partial charge in [0.15, 0.2) is 0 Å². The molecule has 1 aliphatic rings. The van der Waals surface area contributed by atoms with Crippen LogP contribution in [0.4, 0.5) is 0 Å². The van der Waals surface area contributed by atoms with Gasteiger partial charge < -0.3 is 4.74 Å². The zero-order valence-corrected chi connectivity index (χ0v) is 7.86. The second-order valence-corrected chi connectivity index (χ2v) is 3.55. The molecule has 0 radical (unpaired) electrons. The van der Waals surface area contributed by atoms with Crippen molar-refractivity contribution >= 4 is 0 Å². The summed E-state index contributed by atoms with van der Waals surface area (Å²) in [4.78, 5) is 8.18. The summed E-state index contributed by atoms with van der Waals surface area (Å²) in [6, 6.07) is 1.81. The molecule has 3 heteroatoms. The van der Waals surface area contributed by atoms with Crippen molar-refractivity contribution < 1.29 is 4.74 Å². The highest BCUT2D eigenvalue weighted by molar-refractivity contribution is 5.07. The molecule has 70 valence electrons. The molecule has 0 amide bonds. The fourth-order valence-electron chi connectivity index (χ4n) is 1.38. The summed E-state index contributed by atoms with van der Waals surface area (Å²) in [6.45, 7) is 2.69. The maximum Gasteiger partial charge on any atom is 0.216 e. The van der Waals surface area contributed by atoms with E-state index < -0.39 is 0 Å². The van der Waals surface area contributed by atoms with E-state index in [1.54, 1.807) is 6.20 Å². The molecule has 0 atom stereocenters. The quantitative estimate of drug-likeness (QED) is 0.709. The molecule has 1 aliphatic carbocycles. The average molecular weight is 178 g/mol. The highest BCUT2D eigenvalue weighted by atomic mass is 16.5. The van der Waals surface area contributed by atoms with Gasteiger partial charge in [-0.05, 0) is 25.7 Å². The number of aromatic nitrogens is 2. The van der Waals surface area contributed by atoms with E-state index in [1.807, 2.05) is 13.0 Å². The SMILES string of the molecule is Cc1nccc(OCC2CCC2)n1. The van der Waals surface area contributed by atoms with Gasteiger partial charge in [-0.25, -0.2) is 4.98 Å². The van der Waals surface area contributed by atoms with Crippen LogP contribution in [0.1, 0.15) is 25.1 Å². The van der Waals surface area contributed by atoms with Crippen molar-refractivity contribution in [2.24, 2.45) is 5.92 Å². The van der Waals surface area contributed by atoms with E-state index in [0.29, 0.717) is 5.88 Å². The average Bonchev–Trinajstić information content (AvgIpc) is 2.01. The van der Waals surface area contributed by atoms with Crippen molar-refractivity contribution in [1.82, 2.24) is 9.97 Å². The fourth-order valence-corrected chi connectivity index (χ4v) is 1.38. The Balaban J connectivity index is 1.86. The third-order valence-electron chi connectivity index (χ3n) is 2.44. The molecule has 0 unspecified atom stereocenters. The molecule has 1 heterocycles. The van der Waals surface area contributed by atoms with Crippen LogP contribution in [-0.2, 0) is 0 Å². The summed E-state index contributed by atoms with van der Waals surface area (Å²) >= 11 is 0. The van der Waals surface area contributed by atoms with Crippen LogP contribution < -0.4 is 4.74 Å². The van der Waals surface area contributed by atoms with Crippen molar-refractivity contribution in [2.75, 3.05) is 6.61 Å². The molecule has 3 nitrogen and oxygen atoms in total. The van der Waals surface area contributed by atoms with Crippen molar-refractivity contribution in [3.8, 4) is 5.88 Å². The van der Waals surface area contributed by atoms with Crippen molar-refractivity contribution in [1.29, 1.82) is 0 Å². The van der Waals surface area contributed by atoms with E-state index in [-0.39, 0.29) is 0 Å². The van der Waals surface area contributed by atoms with Crippen LogP contribution in [0.3, 0.4) is 0 Å². The predicted octanol–water partition coefficient (Wildman–Crippen LogP) is 1.96.